The Labute approximate surface area is 100 Å². The number of morpholine rings is 1. The van der Waals surface area contributed by atoms with E-state index < -0.39 is 29.7 Å². The van der Waals surface area contributed by atoms with Crippen molar-refractivity contribution in [3.05, 3.63) is 0 Å². The van der Waals surface area contributed by atoms with Crippen molar-refractivity contribution in [3.8, 4) is 0 Å². The molecule has 0 saturated carbocycles. The molecule has 1 amide bonds. The molecular weight excluding hydrogens is 226 g/mol. The van der Waals surface area contributed by atoms with Crippen LogP contribution in [0.5, 0.6) is 0 Å². The van der Waals surface area contributed by atoms with Crippen LogP contribution in [0.15, 0.2) is 0 Å². The van der Waals surface area contributed by atoms with Crippen LogP contribution in [-0.2, 0) is 19.1 Å². The molecule has 1 rings (SSSR count). The Morgan fingerprint density at radius 3 is 2.71 bits per heavy atom. The van der Waals surface area contributed by atoms with Crippen LogP contribution in [-0.4, -0.2) is 47.4 Å². The van der Waals surface area contributed by atoms with Crippen LogP contribution in [0, 0.1) is 0 Å². The fraction of sp³-hybridized carbons (Fsp3) is 0.818. The molecule has 0 aromatic rings. The number of rotatable bonds is 2. The third-order valence-electron chi connectivity index (χ3n) is 2.14. The second kappa shape index (κ2) is 5.01. The van der Waals surface area contributed by atoms with E-state index in [-0.39, 0.29) is 6.10 Å². The zero-order chi connectivity index (χ0) is 13.2. The maximum atomic E-state index is 11.6. The van der Waals surface area contributed by atoms with E-state index in [1.165, 1.54) is 0 Å². The van der Waals surface area contributed by atoms with Gasteiger partial charge in [-0.2, -0.15) is 0 Å². The SMILES string of the molecule is CC1CNC(=O)C(C(O)C(=O)OC(C)(C)C)O1. The van der Waals surface area contributed by atoms with E-state index >= 15 is 0 Å². The normalized spacial score (nSPS) is 27.2. The summed E-state index contributed by atoms with van der Waals surface area (Å²) in [5, 5.41) is 12.3. The average Bonchev–Trinajstić information content (AvgIpc) is 2.18. The quantitative estimate of drug-likeness (QED) is 0.646. The Morgan fingerprint density at radius 1 is 1.59 bits per heavy atom. The molecule has 1 saturated heterocycles. The Morgan fingerprint density at radius 2 is 2.18 bits per heavy atom. The topological polar surface area (TPSA) is 84.9 Å². The van der Waals surface area contributed by atoms with Gasteiger partial charge in [0.1, 0.15) is 5.60 Å². The van der Waals surface area contributed by atoms with Crippen molar-refractivity contribution in [2.75, 3.05) is 6.54 Å². The standard InChI is InChI=1S/C11H19NO5/c1-6-5-12-9(14)8(16-6)7(13)10(15)17-11(2,3)4/h6-8,13H,5H2,1-4H3,(H,12,14). The highest BCUT2D eigenvalue weighted by atomic mass is 16.6. The van der Waals surface area contributed by atoms with Gasteiger partial charge in [-0.25, -0.2) is 4.79 Å². The first kappa shape index (κ1) is 13.9. The Kier molecular flexibility index (Phi) is 4.11. The summed E-state index contributed by atoms with van der Waals surface area (Å²) in [6, 6.07) is 0. The summed E-state index contributed by atoms with van der Waals surface area (Å²) in [7, 11) is 0. The van der Waals surface area contributed by atoms with Crippen molar-refractivity contribution in [3.63, 3.8) is 0 Å². The molecule has 17 heavy (non-hydrogen) atoms. The summed E-state index contributed by atoms with van der Waals surface area (Å²) in [5.41, 5.74) is -0.713. The first-order valence-electron chi connectivity index (χ1n) is 5.55. The second-order valence-corrected chi connectivity index (χ2v) is 5.09. The molecule has 6 nitrogen and oxygen atoms in total. The van der Waals surface area contributed by atoms with E-state index in [0.717, 1.165) is 0 Å². The molecule has 1 heterocycles. The van der Waals surface area contributed by atoms with Gasteiger partial charge in [-0.05, 0) is 27.7 Å². The molecule has 1 fully saturated rings. The number of nitrogens with one attached hydrogen (secondary N) is 1. The van der Waals surface area contributed by atoms with Gasteiger partial charge in [0, 0.05) is 6.54 Å². The highest BCUT2D eigenvalue weighted by Crippen LogP contribution is 2.14. The number of carbonyl (C=O) groups excluding carboxylic acids is 2. The van der Waals surface area contributed by atoms with Gasteiger partial charge < -0.3 is 19.9 Å². The summed E-state index contributed by atoms with van der Waals surface area (Å²) in [5.74, 6) is -1.35. The van der Waals surface area contributed by atoms with Crippen molar-refractivity contribution >= 4 is 11.9 Å². The van der Waals surface area contributed by atoms with E-state index in [2.05, 4.69) is 5.32 Å². The van der Waals surface area contributed by atoms with Gasteiger partial charge in [0.25, 0.3) is 5.91 Å². The number of aliphatic hydroxyl groups excluding tert-OH is 1. The van der Waals surface area contributed by atoms with Gasteiger partial charge in [-0.3, -0.25) is 4.79 Å². The van der Waals surface area contributed by atoms with Crippen LogP contribution in [0.4, 0.5) is 0 Å². The van der Waals surface area contributed by atoms with E-state index in [1.54, 1.807) is 27.7 Å². The smallest absolute Gasteiger partial charge is 0.338 e. The summed E-state index contributed by atoms with van der Waals surface area (Å²) in [6.45, 7) is 7.16. The monoisotopic (exact) mass is 245 g/mol. The van der Waals surface area contributed by atoms with Crippen LogP contribution in [0.2, 0.25) is 0 Å². The Bertz CT molecular complexity index is 309. The van der Waals surface area contributed by atoms with Crippen molar-refractivity contribution in [1.29, 1.82) is 0 Å². The number of esters is 1. The predicted octanol–water partition coefficient (Wildman–Crippen LogP) is -0.408. The number of aliphatic hydroxyl groups is 1. The Hall–Kier alpha value is -1.14. The maximum absolute atomic E-state index is 11.6. The van der Waals surface area contributed by atoms with Gasteiger partial charge in [-0.1, -0.05) is 0 Å². The summed E-state index contributed by atoms with van der Waals surface area (Å²) in [4.78, 5) is 23.0. The third-order valence-corrected chi connectivity index (χ3v) is 2.14. The molecule has 0 aromatic carbocycles. The second-order valence-electron chi connectivity index (χ2n) is 5.09. The van der Waals surface area contributed by atoms with Crippen LogP contribution in [0.25, 0.3) is 0 Å². The average molecular weight is 245 g/mol. The zero-order valence-electron chi connectivity index (χ0n) is 10.5. The Balaban J connectivity index is 2.64. The molecule has 3 unspecified atom stereocenters. The fourth-order valence-corrected chi connectivity index (χ4v) is 1.41. The van der Waals surface area contributed by atoms with Crippen LogP contribution >= 0.6 is 0 Å². The lowest BCUT2D eigenvalue weighted by Crippen LogP contribution is -2.55. The lowest BCUT2D eigenvalue weighted by atomic mass is 10.1. The van der Waals surface area contributed by atoms with E-state index in [0.29, 0.717) is 6.54 Å². The largest absolute Gasteiger partial charge is 0.458 e. The van der Waals surface area contributed by atoms with Gasteiger partial charge in [0.2, 0.25) is 0 Å². The molecule has 0 spiro atoms. The third kappa shape index (κ3) is 3.98. The van der Waals surface area contributed by atoms with Gasteiger partial charge >= 0.3 is 5.97 Å². The van der Waals surface area contributed by atoms with Crippen molar-refractivity contribution in [2.24, 2.45) is 0 Å². The molecule has 98 valence electrons. The summed E-state index contributed by atoms with van der Waals surface area (Å²) < 4.78 is 10.2. The lowest BCUT2D eigenvalue weighted by Gasteiger charge is -2.31. The highest BCUT2D eigenvalue weighted by molar-refractivity contribution is 5.89. The first-order valence-corrected chi connectivity index (χ1v) is 5.55. The van der Waals surface area contributed by atoms with Gasteiger partial charge in [0.15, 0.2) is 12.2 Å². The van der Waals surface area contributed by atoms with Crippen LogP contribution < -0.4 is 5.32 Å². The van der Waals surface area contributed by atoms with Gasteiger partial charge in [-0.15, -0.1) is 0 Å². The summed E-state index contributed by atoms with van der Waals surface area (Å²) in [6.07, 6.45) is -3.04. The van der Waals surface area contributed by atoms with Crippen LogP contribution in [0.1, 0.15) is 27.7 Å². The number of ether oxygens (including phenoxy) is 2. The molecule has 1 aliphatic heterocycles. The van der Waals surface area contributed by atoms with Crippen molar-refractivity contribution < 1.29 is 24.2 Å². The highest BCUT2D eigenvalue weighted by Gasteiger charge is 2.39. The van der Waals surface area contributed by atoms with Crippen molar-refractivity contribution in [1.82, 2.24) is 5.32 Å². The summed E-state index contributed by atoms with van der Waals surface area (Å²) >= 11 is 0. The molecule has 2 N–H and O–H groups in total. The molecule has 0 bridgehead atoms. The van der Waals surface area contributed by atoms with E-state index in [4.69, 9.17) is 9.47 Å². The van der Waals surface area contributed by atoms with Gasteiger partial charge in [0.05, 0.1) is 6.10 Å². The number of hydrogen-bond acceptors (Lipinski definition) is 5. The van der Waals surface area contributed by atoms with Crippen LogP contribution in [0.3, 0.4) is 0 Å². The molecular formula is C11H19NO5. The molecule has 0 aliphatic carbocycles. The molecule has 0 aromatic heterocycles. The molecule has 3 atom stereocenters. The van der Waals surface area contributed by atoms with Crippen molar-refractivity contribution in [2.45, 2.75) is 51.6 Å². The number of carbonyl (C=O) groups is 2. The number of amides is 1. The fourth-order valence-electron chi connectivity index (χ4n) is 1.41. The van der Waals surface area contributed by atoms with E-state index in [1.807, 2.05) is 0 Å². The predicted molar refractivity (Wildman–Crippen MR) is 59.2 cm³/mol. The minimum Gasteiger partial charge on any atom is -0.458 e. The number of hydrogen-bond donors (Lipinski definition) is 2. The lowest BCUT2D eigenvalue weighted by molar-refractivity contribution is -0.182. The minimum atomic E-state index is -1.60. The maximum Gasteiger partial charge on any atom is 0.338 e. The molecule has 1 aliphatic rings. The first-order chi connectivity index (χ1) is 7.70. The minimum absolute atomic E-state index is 0.241. The molecule has 6 heteroatoms. The van der Waals surface area contributed by atoms with E-state index in [9.17, 15) is 14.7 Å². The zero-order valence-corrected chi connectivity index (χ0v) is 10.5. The molecule has 0 radical (unpaired) electrons.